The van der Waals surface area contributed by atoms with Gasteiger partial charge in [-0.15, -0.1) is 11.6 Å². The standard InChI is InChI=1S/C18H22Cl2N2O2S/c1-18-11-22(2)10-14(15(18)8-12(19)9-17(18)20)13-6-4-5-7-16(13)21-25(3,23)24/h4-9,14,17,21H,10-11H2,1-3H3. The van der Waals surface area contributed by atoms with E-state index in [1.54, 1.807) is 6.07 Å². The minimum Gasteiger partial charge on any atom is -0.305 e. The minimum atomic E-state index is -3.36. The number of likely N-dealkylation sites (tertiary alicyclic amines) is 1. The lowest BCUT2D eigenvalue weighted by Gasteiger charge is -2.49. The van der Waals surface area contributed by atoms with Crippen LogP contribution in [0.3, 0.4) is 0 Å². The van der Waals surface area contributed by atoms with E-state index in [4.69, 9.17) is 23.2 Å². The number of alkyl halides is 1. The number of hydrogen-bond acceptors (Lipinski definition) is 3. The molecule has 1 aliphatic carbocycles. The van der Waals surface area contributed by atoms with Gasteiger partial charge in [-0.3, -0.25) is 4.72 Å². The van der Waals surface area contributed by atoms with E-state index in [9.17, 15) is 8.42 Å². The molecule has 0 aromatic heterocycles. The van der Waals surface area contributed by atoms with E-state index in [-0.39, 0.29) is 16.7 Å². The number of para-hydroxylation sites is 1. The Balaban J connectivity index is 2.12. The molecule has 1 N–H and O–H groups in total. The number of likely N-dealkylation sites (N-methyl/N-ethyl adjacent to an activating group) is 1. The van der Waals surface area contributed by atoms with E-state index in [0.717, 1.165) is 30.5 Å². The maximum Gasteiger partial charge on any atom is 0.229 e. The fourth-order valence-corrected chi connectivity index (χ4v) is 5.14. The zero-order valence-corrected chi connectivity index (χ0v) is 16.8. The normalized spacial score (nSPS) is 30.3. The first-order chi connectivity index (χ1) is 11.6. The van der Waals surface area contributed by atoms with E-state index in [2.05, 4.69) is 23.6 Å². The first kappa shape index (κ1) is 18.8. The number of anilines is 1. The second-order valence-corrected chi connectivity index (χ2v) is 9.84. The predicted molar refractivity (Wildman–Crippen MR) is 105 cm³/mol. The maximum absolute atomic E-state index is 11.8. The monoisotopic (exact) mass is 400 g/mol. The van der Waals surface area contributed by atoms with Crippen molar-refractivity contribution in [2.75, 3.05) is 31.1 Å². The van der Waals surface area contributed by atoms with Gasteiger partial charge in [0.25, 0.3) is 0 Å². The molecule has 3 rings (SSSR count). The number of halogens is 2. The molecule has 3 unspecified atom stereocenters. The number of piperidine rings is 1. The molecule has 1 aliphatic heterocycles. The molecule has 0 saturated carbocycles. The molecule has 0 spiro atoms. The summed E-state index contributed by atoms with van der Waals surface area (Å²) in [7, 11) is -1.30. The topological polar surface area (TPSA) is 49.4 Å². The van der Waals surface area contributed by atoms with Crippen molar-refractivity contribution in [3.63, 3.8) is 0 Å². The van der Waals surface area contributed by atoms with Crippen LogP contribution in [-0.2, 0) is 10.0 Å². The van der Waals surface area contributed by atoms with Crippen LogP contribution >= 0.6 is 23.2 Å². The van der Waals surface area contributed by atoms with Crippen molar-refractivity contribution in [1.29, 1.82) is 0 Å². The van der Waals surface area contributed by atoms with Crippen molar-refractivity contribution >= 4 is 38.9 Å². The fourth-order valence-electron chi connectivity index (χ4n) is 3.92. The summed E-state index contributed by atoms with van der Waals surface area (Å²) in [5.74, 6) is 0.0119. The highest BCUT2D eigenvalue weighted by Crippen LogP contribution is 2.51. The molecule has 4 nitrogen and oxygen atoms in total. The van der Waals surface area contributed by atoms with Gasteiger partial charge in [-0.2, -0.15) is 0 Å². The summed E-state index contributed by atoms with van der Waals surface area (Å²) in [5, 5.41) is 0.427. The summed E-state index contributed by atoms with van der Waals surface area (Å²) in [4.78, 5) is 2.24. The third kappa shape index (κ3) is 3.75. The first-order valence-electron chi connectivity index (χ1n) is 8.09. The molecule has 1 saturated heterocycles. The van der Waals surface area contributed by atoms with E-state index < -0.39 is 10.0 Å². The molecule has 1 aromatic carbocycles. The zero-order valence-electron chi connectivity index (χ0n) is 14.5. The van der Waals surface area contributed by atoms with E-state index >= 15 is 0 Å². The minimum absolute atomic E-state index is 0.0119. The number of benzene rings is 1. The Bertz CT molecular complexity index is 850. The highest BCUT2D eigenvalue weighted by molar-refractivity contribution is 7.92. The van der Waals surface area contributed by atoms with Gasteiger partial charge in [0.05, 0.1) is 17.3 Å². The summed E-state index contributed by atoms with van der Waals surface area (Å²) >= 11 is 13.0. The van der Waals surface area contributed by atoms with Crippen molar-refractivity contribution in [1.82, 2.24) is 4.90 Å². The highest BCUT2D eigenvalue weighted by atomic mass is 35.5. The average Bonchev–Trinajstić information content (AvgIpc) is 2.47. The van der Waals surface area contributed by atoms with Crippen LogP contribution in [0.4, 0.5) is 5.69 Å². The van der Waals surface area contributed by atoms with E-state index in [0.29, 0.717) is 10.7 Å². The number of hydrogen-bond donors (Lipinski definition) is 1. The largest absolute Gasteiger partial charge is 0.305 e. The predicted octanol–water partition coefficient (Wildman–Crippen LogP) is 3.76. The van der Waals surface area contributed by atoms with Gasteiger partial charge in [0.2, 0.25) is 10.0 Å². The highest BCUT2D eigenvalue weighted by Gasteiger charge is 2.46. The van der Waals surface area contributed by atoms with Gasteiger partial charge >= 0.3 is 0 Å². The molecular weight excluding hydrogens is 379 g/mol. The average molecular weight is 401 g/mol. The van der Waals surface area contributed by atoms with Crippen molar-refractivity contribution in [2.45, 2.75) is 18.2 Å². The van der Waals surface area contributed by atoms with E-state index in [1.165, 1.54) is 0 Å². The number of fused-ring (bicyclic) bond motifs is 1. The molecule has 25 heavy (non-hydrogen) atoms. The van der Waals surface area contributed by atoms with Crippen molar-refractivity contribution in [3.8, 4) is 0 Å². The molecule has 1 aromatic rings. The quantitative estimate of drug-likeness (QED) is 0.785. The fraction of sp³-hybridized carbons (Fsp3) is 0.444. The van der Waals surface area contributed by atoms with Crippen molar-refractivity contribution in [2.24, 2.45) is 5.41 Å². The Morgan fingerprint density at radius 1 is 1.32 bits per heavy atom. The molecule has 0 bridgehead atoms. The third-order valence-corrected chi connectivity index (χ3v) is 6.40. The summed E-state index contributed by atoms with van der Waals surface area (Å²) < 4.78 is 26.2. The lowest BCUT2D eigenvalue weighted by Crippen LogP contribution is -2.50. The maximum atomic E-state index is 11.8. The first-order valence-corrected chi connectivity index (χ1v) is 10.8. The van der Waals surface area contributed by atoms with Crippen molar-refractivity contribution in [3.05, 3.63) is 52.6 Å². The molecule has 136 valence electrons. The SMILES string of the molecule is CN1CC(c2ccccc2NS(C)(=O)=O)C2=CC(Cl)=CC(Cl)C2(C)C1. The summed E-state index contributed by atoms with van der Waals surface area (Å²) in [5.41, 5.74) is 2.44. The van der Waals surface area contributed by atoms with Crippen LogP contribution in [0.1, 0.15) is 18.4 Å². The number of allylic oxidation sites excluding steroid dienone is 3. The van der Waals surface area contributed by atoms with Crippen LogP contribution in [0, 0.1) is 5.41 Å². The second-order valence-electron chi connectivity index (χ2n) is 7.18. The smallest absolute Gasteiger partial charge is 0.229 e. The zero-order chi connectivity index (χ0) is 18.4. The molecule has 0 radical (unpaired) electrons. The molecule has 7 heteroatoms. The van der Waals surface area contributed by atoms with Crippen molar-refractivity contribution < 1.29 is 8.42 Å². The summed E-state index contributed by atoms with van der Waals surface area (Å²) in [6.07, 6.45) is 5.04. The van der Waals surface area contributed by atoms with Gasteiger partial charge < -0.3 is 4.90 Å². The van der Waals surface area contributed by atoms with Gasteiger partial charge in [-0.25, -0.2) is 8.42 Å². The molecule has 1 fully saturated rings. The summed E-state index contributed by atoms with van der Waals surface area (Å²) in [6, 6.07) is 7.51. The Hall–Kier alpha value is -1.01. The number of rotatable bonds is 3. The van der Waals surface area contributed by atoms with Crippen LogP contribution in [-0.4, -0.2) is 45.1 Å². The van der Waals surface area contributed by atoms with Gasteiger partial charge in [0.1, 0.15) is 0 Å². The lowest BCUT2D eigenvalue weighted by molar-refractivity contribution is 0.171. The van der Waals surface area contributed by atoms with Gasteiger partial charge in [-0.1, -0.05) is 42.3 Å². The van der Waals surface area contributed by atoms with Gasteiger partial charge in [0, 0.05) is 29.5 Å². The van der Waals surface area contributed by atoms with Gasteiger partial charge in [-0.05, 0) is 30.8 Å². The van der Waals surface area contributed by atoms with Crippen LogP contribution in [0.15, 0.2) is 47.0 Å². The number of nitrogens with one attached hydrogen (secondary N) is 1. The third-order valence-electron chi connectivity index (χ3n) is 4.97. The molecule has 2 aliphatic rings. The molecule has 0 amide bonds. The second kappa shape index (κ2) is 6.62. The Morgan fingerprint density at radius 3 is 2.68 bits per heavy atom. The Morgan fingerprint density at radius 2 is 2.00 bits per heavy atom. The molecular formula is C18H22Cl2N2O2S. The molecule has 1 heterocycles. The van der Waals surface area contributed by atoms with Gasteiger partial charge in [0.15, 0.2) is 0 Å². The van der Waals surface area contributed by atoms with Crippen LogP contribution < -0.4 is 4.72 Å². The summed E-state index contributed by atoms with van der Waals surface area (Å²) in [6.45, 7) is 3.75. The molecule has 3 atom stereocenters. The van der Waals surface area contributed by atoms with Crippen LogP contribution in [0.2, 0.25) is 0 Å². The van der Waals surface area contributed by atoms with Crippen LogP contribution in [0.25, 0.3) is 0 Å². The number of sulfonamides is 1. The lowest BCUT2D eigenvalue weighted by atomic mass is 9.66. The van der Waals surface area contributed by atoms with E-state index in [1.807, 2.05) is 30.4 Å². The Labute approximate surface area is 159 Å². The number of nitrogens with zero attached hydrogens (tertiary/aromatic N) is 1. The Kier molecular flexibility index (Phi) is 4.97. The van der Waals surface area contributed by atoms with Crippen LogP contribution in [0.5, 0.6) is 0 Å².